The molecule has 1 rings (SSSR count). The van der Waals surface area contributed by atoms with E-state index in [1.807, 2.05) is 0 Å². The largest absolute Gasteiger partial charge is 0.366 e. The Morgan fingerprint density at radius 3 is 2.72 bits per heavy atom. The molecular weight excluding hydrogens is 230 g/mol. The Bertz CT molecular complexity index is 442. The first kappa shape index (κ1) is 14.0. The maximum Gasteiger partial charge on any atom is 0.248 e. The van der Waals surface area contributed by atoms with E-state index in [4.69, 9.17) is 11.6 Å². The summed E-state index contributed by atoms with van der Waals surface area (Å²) in [6.45, 7) is 4.78. The molecule has 6 N–H and O–H groups in total. The van der Waals surface area contributed by atoms with E-state index in [9.17, 15) is 4.79 Å². The van der Waals surface area contributed by atoms with Crippen molar-refractivity contribution in [1.29, 1.82) is 0 Å². The van der Waals surface area contributed by atoms with Crippen molar-refractivity contribution in [3.8, 4) is 0 Å². The first-order chi connectivity index (χ1) is 8.52. The highest BCUT2D eigenvalue weighted by Crippen LogP contribution is 2.09. The molecule has 1 amide bonds. The van der Waals surface area contributed by atoms with Gasteiger partial charge in [0.05, 0.1) is 0 Å². The minimum Gasteiger partial charge on any atom is -0.366 e. The van der Waals surface area contributed by atoms with Crippen LogP contribution in [0.4, 0.5) is 5.69 Å². The number of guanidine groups is 1. The van der Waals surface area contributed by atoms with Gasteiger partial charge in [0.15, 0.2) is 0 Å². The van der Waals surface area contributed by atoms with Crippen LogP contribution in [0.15, 0.2) is 29.3 Å². The summed E-state index contributed by atoms with van der Waals surface area (Å²) in [6, 6.07) is 6.83. The van der Waals surface area contributed by atoms with Gasteiger partial charge in [-0.15, -0.1) is 0 Å². The normalized spacial score (nSPS) is 11.4. The Hall–Kier alpha value is -2.08. The second kappa shape index (κ2) is 6.61. The summed E-state index contributed by atoms with van der Waals surface area (Å²) >= 11 is 0. The average molecular weight is 249 g/mol. The van der Waals surface area contributed by atoms with E-state index < -0.39 is 5.91 Å². The molecule has 0 fully saturated rings. The number of carbonyl (C=O) groups is 1. The molecule has 0 aliphatic carbocycles. The summed E-state index contributed by atoms with van der Waals surface area (Å²) in [5.41, 5.74) is 8.82. The van der Waals surface area contributed by atoms with Gasteiger partial charge in [-0.05, 0) is 24.1 Å². The SMILES string of the molecule is CC(C)CN=C(NN)Nc1cccc(C(N)=O)c1. The lowest BCUT2D eigenvalue weighted by molar-refractivity contribution is 0.100. The fourth-order valence-electron chi connectivity index (χ4n) is 1.28. The standard InChI is InChI=1S/C12H19N5O/c1-8(2)7-15-12(17-14)16-10-5-3-4-9(6-10)11(13)18/h3-6,8H,7,14H2,1-2H3,(H2,13,18)(H2,15,16,17). The lowest BCUT2D eigenvalue weighted by Gasteiger charge is -2.10. The molecule has 0 aliphatic rings. The monoisotopic (exact) mass is 249 g/mol. The van der Waals surface area contributed by atoms with Crippen molar-refractivity contribution in [2.45, 2.75) is 13.8 Å². The van der Waals surface area contributed by atoms with Gasteiger partial charge < -0.3 is 11.1 Å². The summed E-state index contributed by atoms with van der Waals surface area (Å²) in [4.78, 5) is 15.3. The molecule has 1 aromatic carbocycles. The van der Waals surface area contributed by atoms with Gasteiger partial charge in [-0.3, -0.25) is 15.2 Å². The third-order valence-electron chi connectivity index (χ3n) is 2.16. The molecule has 0 atom stereocenters. The molecule has 0 heterocycles. The number of benzene rings is 1. The molecule has 6 nitrogen and oxygen atoms in total. The van der Waals surface area contributed by atoms with Crippen molar-refractivity contribution in [3.63, 3.8) is 0 Å². The molecule has 0 unspecified atom stereocenters. The van der Waals surface area contributed by atoms with E-state index in [1.54, 1.807) is 24.3 Å². The topological polar surface area (TPSA) is 106 Å². The van der Waals surface area contributed by atoms with Gasteiger partial charge in [0.25, 0.3) is 0 Å². The zero-order valence-corrected chi connectivity index (χ0v) is 10.6. The van der Waals surface area contributed by atoms with Crippen LogP contribution in [-0.4, -0.2) is 18.4 Å². The smallest absolute Gasteiger partial charge is 0.248 e. The van der Waals surface area contributed by atoms with Crippen LogP contribution >= 0.6 is 0 Å². The number of hydrogen-bond acceptors (Lipinski definition) is 3. The summed E-state index contributed by atoms with van der Waals surface area (Å²) in [6.07, 6.45) is 0. The number of primary amides is 1. The summed E-state index contributed by atoms with van der Waals surface area (Å²) in [5, 5.41) is 2.99. The third-order valence-corrected chi connectivity index (χ3v) is 2.16. The lowest BCUT2D eigenvalue weighted by Crippen LogP contribution is -2.36. The maximum absolute atomic E-state index is 11.0. The number of hydrogen-bond donors (Lipinski definition) is 4. The number of anilines is 1. The Morgan fingerprint density at radius 1 is 1.44 bits per heavy atom. The van der Waals surface area contributed by atoms with Crippen LogP contribution in [0.1, 0.15) is 24.2 Å². The lowest BCUT2D eigenvalue weighted by atomic mass is 10.2. The van der Waals surface area contributed by atoms with Gasteiger partial charge >= 0.3 is 0 Å². The number of aliphatic imine (C=N–C) groups is 1. The van der Waals surface area contributed by atoms with Gasteiger partial charge in [-0.25, -0.2) is 5.84 Å². The summed E-state index contributed by atoms with van der Waals surface area (Å²) < 4.78 is 0. The number of rotatable bonds is 4. The maximum atomic E-state index is 11.0. The van der Waals surface area contributed by atoms with Crippen LogP contribution in [0.3, 0.4) is 0 Å². The predicted molar refractivity (Wildman–Crippen MR) is 73.0 cm³/mol. The summed E-state index contributed by atoms with van der Waals surface area (Å²) in [5.74, 6) is 5.78. The molecule has 0 radical (unpaired) electrons. The molecule has 1 aromatic rings. The minimum absolute atomic E-state index is 0.431. The first-order valence-corrected chi connectivity index (χ1v) is 5.71. The van der Waals surface area contributed by atoms with Crippen molar-refractivity contribution in [2.75, 3.05) is 11.9 Å². The average Bonchev–Trinajstić information content (AvgIpc) is 2.34. The number of nitrogens with zero attached hydrogens (tertiary/aromatic N) is 1. The zero-order valence-electron chi connectivity index (χ0n) is 10.6. The van der Waals surface area contributed by atoms with Crippen molar-refractivity contribution in [3.05, 3.63) is 29.8 Å². The van der Waals surface area contributed by atoms with Crippen LogP contribution < -0.4 is 22.3 Å². The molecule has 18 heavy (non-hydrogen) atoms. The number of amides is 1. The van der Waals surface area contributed by atoms with Crippen LogP contribution in [0.25, 0.3) is 0 Å². The number of nitrogens with two attached hydrogens (primary N) is 2. The van der Waals surface area contributed by atoms with E-state index in [0.717, 1.165) is 0 Å². The predicted octanol–water partition coefficient (Wildman–Crippen LogP) is 0.673. The molecule has 0 saturated carbocycles. The van der Waals surface area contributed by atoms with E-state index >= 15 is 0 Å². The second-order valence-electron chi connectivity index (χ2n) is 4.30. The van der Waals surface area contributed by atoms with E-state index in [1.165, 1.54) is 0 Å². The molecule has 0 aromatic heterocycles. The van der Waals surface area contributed by atoms with Gasteiger partial charge in [0.2, 0.25) is 11.9 Å². The molecule has 0 aliphatic heterocycles. The van der Waals surface area contributed by atoms with E-state index in [-0.39, 0.29) is 0 Å². The Balaban J connectivity index is 2.78. The van der Waals surface area contributed by atoms with Crippen LogP contribution in [0, 0.1) is 5.92 Å². The van der Waals surface area contributed by atoms with Gasteiger partial charge in [0.1, 0.15) is 0 Å². The summed E-state index contributed by atoms with van der Waals surface area (Å²) in [7, 11) is 0. The van der Waals surface area contributed by atoms with E-state index in [2.05, 4.69) is 29.6 Å². The molecule has 6 heteroatoms. The quantitative estimate of drug-likeness (QED) is 0.272. The Morgan fingerprint density at radius 2 is 2.17 bits per heavy atom. The highest BCUT2D eigenvalue weighted by Gasteiger charge is 2.03. The molecule has 0 saturated heterocycles. The molecule has 0 spiro atoms. The van der Waals surface area contributed by atoms with Crippen molar-refractivity contribution in [1.82, 2.24) is 5.43 Å². The highest BCUT2D eigenvalue weighted by molar-refractivity contribution is 5.97. The number of hydrazine groups is 1. The second-order valence-corrected chi connectivity index (χ2v) is 4.30. The fourth-order valence-corrected chi connectivity index (χ4v) is 1.28. The zero-order chi connectivity index (χ0) is 13.5. The van der Waals surface area contributed by atoms with Crippen LogP contribution in [0.2, 0.25) is 0 Å². The van der Waals surface area contributed by atoms with Crippen LogP contribution in [-0.2, 0) is 0 Å². The minimum atomic E-state index is -0.472. The molecule has 0 bridgehead atoms. The van der Waals surface area contributed by atoms with Gasteiger partial charge in [-0.1, -0.05) is 19.9 Å². The Kier molecular flexibility index (Phi) is 5.13. The highest BCUT2D eigenvalue weighted by atomic mass is 16.1. The van der Waals surface area contributed by atoms with Crippen molar-refractivity contribution >= 4 is 17.6 Å². The van der Waals surface area contributed by atoms with Crippen LogP contribution in [0.5, 0.6) is 0 Å². The van der Waals surface area contributed by atoms with Gasteiger partial charge in [-0.2, -0.15) is 0 Å². The third kappa shape index (κ3) is 4.42. The molecule has 98 valence electrons. The van der Waals surface area contributed by atoms with Gasteiger partial charge in [0, 0.05) is 17.8 Å². The molecular formula is C12H19N5O. The van der Waals surface area contributed by atoms with E-state index in [0.29, 0.717) is 29.7 Å². The first-order valence-electron chi connectivity index (χ1n) is 5.71. The van der Waals surface area contributed by atoms with Crippen molar-refractivity contribution in [2.24, 2.45) is 22.5 Å². The number of nitrogens with one attached hydrogen (secondary N) is 2. The number of carbonyl (C=O) groups excluding carboxylic acids is 1. The Labute approximate surface area is 106 Å². The fraction of sp³-hybridized carbons (Fsp3) is 0.333. The van der Waals surface area contributed by atoms with Crippen molar-refractivity contribution < 1.29 is 4.79 Å².